The molecule has 2 aromatic heterocycles. The molecule has 0 aliphatic rings. The highest BCUT2D eigenvalue weighted by molar-refractivity contribution is 6.06. The molecule has 0 radical (unpaired) electrons. The zero-order valence-electron chi connectivity index (χ0n) is 20.8. The normalized spacial score (nSPS) is 11.6. The first kappa shape index (κ1) is 26.5. The summed E-state index contributed by atoms with van der Waals surface area (Å²) in [4.78, 5) is 50.2. The van der Waals surface area contributed by atoms with Gasteiger partial charge in [0.25, 0.3) is 5.56 Å². The SMILES string of the molecule is CCCCCOc1ccc2cc(C(=O)CC(CCn3nnc4ccccc4c3=O)(C(=O)O)C(=O)O)oc2c1. The topological polar surface area (TPSA) is 162 Å². The van der Waals surface area contributed by atoms with Gasteiger partial charge in [-0.15, -0.1) is 5.10 Å². The predicted molar refractivity (Wildman–Crippen MR) is 136 cm³/mol. The second-order valence-corrected chi connectivity index (χ2v) is 9.04. The molecule has 11 nitrogen and oxygen atoms in total. The minimum Gasteiger partial charge on any atom is -0.493 e. The second kappa shape index (κ2) is 11.2. The standard InChI is InChI=1S/C27H27N3O8/c1-2-3-6-13-37-18-10-9-17-14-23(38-22(17)15-18)21(31)16-27(25(33)34,26(35)36)11-12-30-24(32)19-7-4-5-8-20(19)28-29-30/h4-5,7-10,14-15H,2-3,6,11-13,16H2,1H3,(H,33,34)(H,35,36). The number of carbonyl (C=O) groups is 3. The number of fused-ring (bicyclic) bond motifs is 2. The summed E-state index contributed by atoms with van der Waals surface area (Å²) in [6, 6.07) is 13.0. The molecule has 2 aromatic carbocycles. The van der Waals surface area contributed by atoms with Crippen molar-refractivity contribution in [3.05, 3.63) is 64.6 Å². The smallest absolute Gasteiger partial charge is 0.321 e. The van der Waals surface area contributed by atoms with Crippen molar-refractivity contribution in [3.63, 3.8) is 0 Å². The number of carboxylic acids is 2. The highest BCUT2D eigenvalue weighted by Crippen LogP contribution is 2.32. The lowest BCUT2D eigenvalue weighted by molar-refractivity contribution is -0.165. The molecule has 2 N–H and O–H groups in total. The Morgan fingerprint density at radius 2 is 1.82 bits per heavy atom. The molecule has 0 aliphatic heterocycles. The van der Waals surface area contributed by atoms with Crippen LogP contribution in [-0.4, -0.2) is 49.5 Å². The van der Waals surface area contributed by atoms with E-state index in [1.807, 2.05) is 0 Å². The Labute approximate surface area is 216 Å². The number of aromatic nitrogens is 3. The van der Waals surface area contributed by atoms with Gasteiger partial charge in [0.2, 0.25) is 0 Å². The Bertz CT molecular complexity index is 1540. The number of ether oxygens (including phenoxy) is 1. The van der Waals surface area contributed by atoms with Crippen LogP contribution in [0, 0.1) is 5.41 Å². The monoisotopic (exact) mass is 521 g/mol. The molecule has 2 heterocycles. The lowest BCUT2D eigenvalue weighted by Gasteiger charge is -2.23. The first-order valence-electron chi connectivity index (χ1n) is 12.2. The Morgan fingerprint density at radius 1 is 1.05 bits per heavy atom. The van der Waals surface area contributed by atoms with E-state index in [9.17, 15) is 29.4 Å². The maximum absolute atomic E-state index is 13.1. The molecule has 38 heavy (non-hydrogen) atoms. The van der Waals surface area contributed by atoms with E-state index in [-0.39, 0.29) is 17.7 Å². The van der Waals surface area contributed by atoms with Crippen LogP contribution in [0.2, 0.25) is 0 Å². The molecule has 198 valence electrons. The van der Waals surface area contributed by atoms with E-state index in [2.05, 4.69) is 17.2 Å². The van der Waals surface area contributed by atoms with Crippen molar-refractivity contribution in [2.24, 2.45) is 5.41 Å². The van der Waals surface area contributed by atoms with E-state index in [0.29, 0.717) is 28.8 Å². The van der Waals surface area contributed by atoms with Gasteiger partial charge in [0.05, 0.1) is 12.0 Å². The van der Waals surface area contributed by atoms with Gasteiger partial charge in [-0.3, -0.25) is 19.2 Å². The highest BCUT2D eigenvalue weighted by Gasteiger charge is 2.48. The van der Waals surface area contributed by atoms with Gasteiger partial charge in [-0.25, -0.2) is 4.68 Å². The Balaban J connectivity index is 1.55. The van der Waals surface area contributed by atoms with Gasteiger partial charge in [-0.1, -0.05) is 37.1 Å². The number of hydrogen-bond acceptors (Lipinski definition) is 8. The molecule has 0 fully saturated rings. The number of rotatable bonds is 13. The van der Waals surface area contributed by atoms with Crippen LogP contribution >= 0.6 is 0 Å². The van der Waals surface area contributed by atoms with Crippen molar-refractivity contribution in [1.29, 1.82) is 0 Å². The number of benzene rings is 2. The van der Waals surface area contributed by atoms with Crippen LogP contribution in [0.3, 0.4) is 0 Å². The maximum atomic E-state index is 13.1. The number of furan rings is 1. The third-order valence-electron chi connectivity index (χ3n) is 6.44. The lowest BCUT2D eigenvalue weighted by Crippen LogP contribution is -2.43. The fourth-order valence-corrected chi connectivity index (χ4v) is 4.15. The van der Waals surface area contributed by atoms with Gasteiger partial charge in [0.15, 0.2) is 17.0 Å². The molecular formula is C27H27N3O8. The summed E-state index contributed by atoms with van der Waals surface area (Å²) in [6.45, 7) is 2.26. The summed E-state index contributed by atoms with van der Waals surface area (Å²) in [5.41, 5.74) is -2.35. The molecule has 0 unspecified atom stereocenters. The summed E-state index contributed by atoms with van der Waals surface area (Å²) in [5.74, 6) is -3.82. The number of nitrogens with zero attached hydrogens (tertiary/aromatic N) is 3. The molecule has 0 amide bonds. The van der Waals surface area contributed by atoms with E-state index in [1.54, 1.807) is 36.4 Å². The quantitative estimate of drug-likeness (QED) is 0.150. The first-order valence-corrected chi connectivity index (χ1v) is 12.2. The summed E-state index contributed by atoms with van der Waals surface area (Å²) in [5, 5.41) is 28.4. The van der Waals surface area contributed by atoms with Gasteiger partial charge >= 0.3 is 11.9 Å². The Morgan fingerprint density at radius 3 is 2.55 bits per heavy atom. The van der Waals surface area contributed by atoms with E-state index < -0.39 is 41.5 Å². The van der Waals surface area contributed by atoms with Gasteiger partial charge in [-0.05, 0) is 43.2 Å². The maximum Gasteiger partial charge on any atom is 0.321 e. The number of carboxylic acid groups (broad SMARTS) is 2. The third-order valence-corrected chi connectivity index (χ3v) is 6.44. The number of aliphatic carboxylic acids is 2. The van der Waals surface area contributed by atoms with Gasteiger partial charge in [0, 0.05) is 24.4 Å². The van der Waals surface area contributed by atoms with Crippen molar-refractivity contribution >= 4 is 39.6 Å². The summed E-state index contributed by atoms with van der Waals surface area (Å²) in [7, 11) is 0. The van der Waals surface area contributed by atoms with Crippen LogP contribution in [0.4, 0.5) is 0 Å². The minimum atomic E-state index is -2.52. The number of unbranched alkanes of at least 4 members (excludes halogenated alkanes) is 2. The van der Waals surface area contributed by atoms with Crippen molar-refractivity contribution in [1.82, 2.24) is 15.0 Å². The number of aryl methyl sites for hydroxylation is 1. The van der Waals surface area contributed by atoms with Crippen LogP contribution in [0.25, 0.3) is 21.9 Å². The molecule has 4 rings (SSSR count). The molecule has 0 atom stereocenters. The van der Waals surface area contributed by atoms with Crippen LogP contribution in [0.15, 0.2) is 57.7 Å². The summed E-state index contributed by atoms with van der Waals surface area (Å²) < 4.78 is 12.2. The molecule has 0 saturated carbocycles. The summed E-state index contributed by atoms with van der Waals surface area (Å²) >= 11 is 0. The largest absolute Gasteiger partial charge is 0.493 e. The molecule has 0 bridgehead atoms. The molecule has 4 aromatic rings. The molecule has 0 saturated heterocycles. The van der Waals surface area contributed by atoms with Crippen LogP contribution in [0.1, 0.15) is 49.6 Å². The fraction of sp³-hybridized carbons (Fsp3) is 0.333. The number of hydrogen-bond donors (Lipinski definition) is 2. The predicted octanol–water partition coefficient (Wildman–Crippen LogP) is 3.93. The van der Waals surface area contributed by atoms with Gasteiger partial charge in [0.1, 0.15) is 16.8 Å². The highest BCUT2D eigenvalue weighted by atomic mass is 16.5. The molecule has 0 spiro atoms. The summed E-state index contributed by atoms with van der Waals surface area (Å²) in [6.07, 6.45) is 1.55. The minimum absolute atomic E-state index is 0.169. The average molecular weight is 522 g/mol. The number of carbonyl (C=O) groups excluding carboxylic acids is 1. The number of ketones is 1. The van der Waals surface area contributed by atoms with Gasteiger partial charge in [-0.2, -0.15) is 0 Å². The van der Waals surface area contributed by atoms with E-state index in [1.165, 1.54) is 12.1 Å². The van der Waals surface area contributed by atoms with Crippen LogP contribution in [-0.2, 0) is 16.1 Å². The average Bonchev–Trinajstić information content (AvgIpc) is 3.33. The van der Waals surface area contributed by atoms with Crippen molar-refractivity contribution in [2.45, 2.75) is 45.6 Å². The van der Waals surface area contributed by atoms with Crippen molar-refractivity contribution < 1.29 is 33.8 Å². The third kappa shape index (κ3) is 5.41. The van der Waals surface area contributed by atoms with Crippen LogP contribution < -0.4 is 10.3 Å². The molecule has 0 aliphatic carbocycles. The van der Waals surface area contributed by atoms with Crippen LogP contribution in [0.5, 0.6) is 5.75 Å². The Kier molecular flexibility index (Phi) is 7.85. The van der Waals surface area contributed by atoms with Crippen molar-refractivity contribution in [3.8, 4) is 5.75 Å². The molecule has 11 heteroatoms. The lowest BCUT2D eigenvalue weighted by atomic mass is 9.79. The van der Waals surface area contributed by atoms with E-state index >= 15 is 0 Å². The van der Waals surface area contributed by atoms with Crippen molar-refractivity contribution in [2.75, 3.05) is 6.61 Å². The fourth-order valence-electron chi connectivity index (χ4n) is 4.15. The molecular weight excluding hydrogens is 494 g/mol. The Hall–Kier alpha value is -4.54. The zero-order chi connectivity index (χ0) is 27.3. The van der Waals surface area contributed by atoms with E-state index in [0.717, 1.165) is 23.9 Å². The zero-order valence-corrected chi connectivity index (χ0v) is 20.8. The first-order chi connectivity index (χ1) is 18.2. The van der Waals surface area contributed by atoms with E-state index in [4.69, 9.17) is 9.15 Å². The second-order valence-electron chi connectivity index (χ2n) is 9.04. The number of Topliss-reactive ketones (excluding diaryl/α,β-unsaturated/α-hetero) is 1. The van der Waals surface area contributed by atoms with Gasteiger partial charge < -0.3 is 19.4 Å².